The summed E-state index contributed by atoms with van der Waals surface area (Å²) in [5.74, 6) is 0.947. The molecule has 1 N–H and O–H groups in total. The lowest BCUT2D eigenvalue weighted by Crippen LogP contribution is -2.61. The molecule has 0 aromatic rings. The second kappa shape index (κ2) is 1.10. The van der Waals surface area contributed by atoms with Crippen molar-refractivity contribution in [2.75, 3.05) is 0 Å². The molecule has 8 heavy (non-hydrogen) atoms. The Morgan fingerprint density at radius 2 is 2.38 bits per heavy atom. The fourth-order valence-electron chi connectivity index (χ4n) is 2.11. The molecule has 0 amide bonds. The third-order valence-corrected chi connectivity index (χ3v) is 3.10. The highest BCUT2D eigenvalue weighted by atomic mass is 15.1. The van der Waals surface area contributed by atoms with E-state index in [0.29, 0.717) is 5.54 Å². The molecule has 46 valence electrons. The molecule has 2 bridgehead atoms. The number of hydrogen-bond donors (Lipinski definition) is 1. The van der Waals surface area contributed by atoms with Gasteiger partial charge in [0, 0.05) is 11.6 Å². The van der Waals surface area contributed by atoms with Gasteiger partial charge in [-0.2, -0.15) is 0 Å². The lowest BCUT2D eigenvalue weighted by atomic mass is 9.81. The van der Waals surface area contributed by atoms with Crippen molar-refractivity contribution >= 4 is 0 Å². The second-order valence-corrected chi connectivity index (χ2v) is 3.50. The lowest BCUT2D eigenvalue weighted by Gasteiger charge is -2.44. The van der Waals surface area contributed by atoms with Gasteiger partial charge < -0.3 is 5.32 Å². The quantitative estimate of drug-likeness (QED) is 0.494. The maximum Gasteiger partial charge on any atom is 0.0197 e. The molecule has 0 radical (unpaired) electrons. The Kier molecular flexibility index (Phi) is 0.663. The van der Waals surface area contributed by atoms with Crippen LogP contribution < -0.4 is 5.32 Å². The SMILES string of the molecule is CC1C2CCC1(C)N2. The molecule has 3 atom stereocenters. The van der Waals surface area contributed by atoms with Gasteiger partial charge in [-0.1, -0.05) is 6.92 Å². The molecular weight excluding hydrogens is 98.1 g/mol. The second-order valence-electron chi connectivity index (χ2n) is 3.50. The van der Waals surface area contributed by atoms with Gasteiger partial charge in [0.1, 0.15) is 0 Å². The van der Waals surface area contributed by atoms with E-state index in [1.807, 2.05) is 0 Å². The number of fused-ring (bicyclic) bond motifs is 1. The van der Waals surface area contributed by atoms with Gasteiger partial charge in [-0.25, -0.2) is 0 Å². The largest absolute Gasteiger partial charge is 0.308 e. The Bertz CT molecular complexity index is 118. The summed E-state index contributed by atoms with van der Waals surface area (Å²) < 4.78 is 0. The molecule has 3 rings (SSSR count). The normalized spacial score (nSPS) is 60.8. The summed E-state index contributed by atoms with van der Waals surface area (Å²) in [5, 5.41) is 3.54. The van der Waals surface area contributed by atoms with Crippen molar-refractivity contribution in [3.05, 3.63) is 0 Å². The summed E-state index contributed by atoms with van der Waals surface area (Å²) in [7, 11) is 0. The zero-order valence-electron chi connectivity index (χ0n) is 5.57. The highest BCUT2D eigenvalue weighted by Gasteiger charge is 2.52. The fourth-order valence-corrected chi connectivity index (χ4v) is 2.11. The number of nitrogens with one attached hydrogen (secondary N) is 1. The van der Waals surface area contributed by atoms with Crippen LogP contribution in [0.5, 0.6) is 0 Å². The fraction of sp³-hybridized carbons (Fsp3) is 1.00. The van der Waals surface area contributed by atoms with E-state index >= 15 is 0 Å². The van der Waals surface area contributed by atoms with Gasteiger partial charge in [0.25, 0.3) is 0 Å². The molecule has 2 aliphatic heterocycles. The zero-order chi connectivity index (χ0) is 5.78. The van der Waals surface area contributed by atoms with Crippen LogP contribution in [0.15, 0.2) is 0 Å². The lowest BCUT2D eigenvalue weighted by molar-refractivity contribution is 0.142. The summed E-state index contributed by atoms with van der Waals surface area (Å²) in [5.41, 5.74) is 0.546. The average molecular weight is 111 g/mol. The highest BCUT2D eigenvalue weighted by molar-refractivity contribution is 5.12. The summed E-state index contributed by atoms with van der Waals surface area (Å²) in [6.45, 7) is 4.69. The summed E-state index contributed by atoms with van der Waals surface area (Å²) >= 11 is 0. The Balaban J connectivity index is 2.22. The predicted molar refractivity (Wildman–Crippen MR) is 33.7 cm³/mol. The number of hydrogen-bond acceptors (Lipinski definition) is 1. The highest BCUT2D eigenvalue weighted by Crippen LogP contribution is 2.44. The van der Waals surface area contributed by atoms with Crippen LogP contribution in [0.4, 0.5) is 0 Å². The Labute approximate surface area is 50.5 Å². The monoisotopic (exact) mass is 111 g/mol. The first kappa shape index (κ1) is 4.80. The van der Waals surface area contributed by atoms with Crippen LogP contribution >= 0.6 is 0 Å². The van der Waals surface area contributed by atoms with Crippen molar-refractivity contribution in [1.29, 1.82) is 0 Å². The Morgan fingerprint density at radius 1 is 1.62 bits per heavy atom. The third-order valence-electron chi connectivity index (χ3n) is 3.10. The molecule has 3 unspecified atom stereocenters. The molecule has 3 fully saturated rings. The Hall–Kier alpha value is -0.0400. The van der Waals surface area contributed by atoms with Crippen LogP contribution in [0.3, 0.4) is 0 Å². The van der Waals surface area contributed by atoms with Crippen molar-refractivity contribution in [3.8, 4) is 0 Å². The minimum absolute atomic E-state index is 0.546. The van der Waals surface area contributed by atoms with Gasteiger partial charge in [0.05, 0.1) is 0 Å². The molecule has 1 saturated carbocycles. The molecule has 1 heteroatoms. The van der Waals surface area contributed by atoms with E-state index in [9.17, 15) is 0 Å². The molecule has 0 spiro atoms. The standard InChI is InChI=1S/C7H13N/c1-5-6-3-4-7(5,2)8-6/h5-6,8H,3-4H2,1-2H3. The van der Waals surface area contributed by atoms with Crippen LogP contribution in [0.25, 0.3) is 0 Å². The van der Waals surface area contributed by atoms with Gasteiger partial charge in [-0.05, 0) is 25.7 Å². The van der Waals surface area contributed by atoms with Crippen molar-refractivity contribution < 1.29 is 0 Å². The van der Waals surface area contributed by atoms with Gasteiger partial charge in [-0.3, -0.25) is 0 Å². The van der Waals surface area contributed by atoms with Crippen molar-refractivity contribution in [2.45, 2.75) is 38.3 Å². The Morgan fingerprint density at radius 3 is 2.50 bits per heavy atom. The first-order chi connectivity index (χ1) is 3.72. The zero-order valence-corrected chi connectivity index (χ0v) is 5.57. The van der Waals surface area contributed by atoms with E-state index in [2.05, 4.69) is 19.2 Å². The molecule has 1 aliphatic carbocycles. The predicted octanol–water partition coefficient (Wildman–Crippen LogP) is 1.15. The van der Waals surface area contributed by atoms with Crippen LogP contribution in [0, 0.1) is 5.92 Å². The first-order valence-corrected chi connectivity index (χ1v) is 3.50. The van der Waals surface area contributed by atoms with Crippen LogP contribution in [0.2, 0.25) is 0 Å². The summed E-state index contributed by atoms with van der Waals surface area (Å²) in [4.78, 5) is 0. The number of rotatable bonds is 0. The molecule has 2 heterocycles. The van der Waals surface area contributed by atoms with E-state index in [1.54, 1.807) is 0 Å². The van der Waals surface area contributed by atoms with E-state index in [0.717, 1.165) is 12.0 Å². The molecule has 3 aliphatic rings. The van der Waals surface area contributed by atoms with Crippen LogP contribution in [0.1, 0.15) is 26.7 Å². The summed E-state index contributed by atoms with van der Waals surface area (Å²) in [6.07, 6.45) is 2.82. The average Bonchev–Trinajstić information content (AvgIpc) is 2.21. The van der Waals surface area contributed by atoms with Crippen molar-refractivity contribution in [2.24, 2.45) is 5.92 Å². The van der Waals surface area contributed by atoms with Gasteiger partial charge in [0.15, 0.2) is 0 Å². The topological polar surface area (TPSA) is 12.0 Å². The molecular formula is C7H13N. The maximum absolute atomic E-state index is 3.54. The molecule has 1 nitrogen and oxygen atoms in total. The molecule has 2 saturated heterocycles. The maximum atomic E-state index is 3.54. The van der Waals surface area contributed by atoms with Gasteiger partial charge in [0.2, 0.25) is 0 Å². The van der Waals surface area contributed by atoms with Gasteiger partial charge >= 0.3 is 0 Å². The van der Waals surface area contributed by atoms with E-state index in [4.69, 9.17) is 0 Å². The van der Waals surface area contributed by atoms with E-state index < -0.39 is 0 Å². The van der Waals surface area contributed by atoms with Gasteiger partial charge in [-0.15, -0.1) is 0 Å². The third kappa shape index (κ3) is 0.334. The minimum Gasteiger partial charge on any atom is -0.308 e. The summed E-state index contributed by atoms with van der Waals surface area (Å²) in [6, 6.07) is 0.875. The molecule has 0 aromatic heterocycles. The van der Waals surface area contributed by atoms with E-state index in [-0.39, 0.29) is 0 Å². The molecule has 0 aromatic carbocycles. The minimum atomic E-state index is 0.546. The van der Waals surface area contributed by atoms with Crippen LogP contribution in [-0.4, -0.2) is 11.6 Å². The smallest absolute Gasteiger partial charge is 0.0197 e. The van der Waals surface area contributed by atoms with Crippen molar-refractivity contribution in [3.63, 3.8) is 0 Å². The van der Waals surface area contributed by atoms with E-state index in [1.165, 1.54) is 12.8 Å². The first-order valence-electron chi connectivity index (χ1n) is 3.50. The van der Waals surface area contributed by atoms with Crippen LogP contribution in [-0.2, 0) is 0 Å². The van der Waals surface area contributed by atoms with Crippen molar-refractivity contribution in [1.82, 2.24) is 5.32 Å².